The van der Waals surface area contributed by atoms with Crippen LogP contribution >= 0.6 is 11.8 Å². The Kier molecular flexibility index (Phi) is 8.68. The summed E-state index contributed by atoms with van der Waals surface area (Å²) in [7, 11) is 3.65. The summed E-state index contributed by atoms with van der Waals surface area (Å²) in [5, 5.41) is 0.0921. The molecule has 1 amide bonds. The monoisotopic (exact) mass is 683 g/mol. The van der Waals surface area contributed by atoms with Crippen LogP contribution in [0.25, 0.3) is 22.0 Å². The molecule has 3 heterocycles. The van der Waals surface area contributed by atoms with Crippen molar-refractivity contribution in [3.63, 3.8) is 0 Å². The Balaban J connectivity index is 1.60. The smallest absolute Gasteiger partial charge is 0.417 e. The minimum atomic E-state index is -4.85. The SMILES string of the molecule is C=CC(=O)N1[C@H](C)CN(c2nc(=O)n3c4c(c(-c5ccc(F)cc5)c(C(F)(F)F)cc24)SC([Si])[C@@H](Oc2ccc(F)cc2)C3)C[C@@H]1C. The molecular formula is C33H28F5N4O3SSi. The molecule has 0 N–H and O–H groups in total. The highest BCUT2D eigenvalue weighted by molar-refractivity contribution is 8.01. The molecule has 0 saturated carbocycles. The largest absolute Gasteiger partial charge is 0.488 e. The molecule has 1 aromatic heterocycles. The van der Waals surface area contributed by atoms with Crippen molar-refractivity contribution in [3.05, 3.63) is 94.9 Å². The molecule has 47 heavy (non-hydrogen) atoms. The van der Waals surface area contributed by atoms with Gasteiger partial charge >= 0.3 is 11.9 Å². The molecule has 6 rings (SSSR count). The molecule has 0 aliphatic carbocycles. The molecule has 3 aromatic carbocycles. The van der Waals surface area contributed by atoms with Crippen molar-refractivity contribution >= 4 is 44.6 Å². The van der Waals surface area contributed by atoms with Gasteiger partial charge in [-0.1, -0.05) is 18.7 Å². The van der Waals surface area contributed by atoms with Gasteiger partial charge in [0.1, 0.15) is 29.3 Å². The van der Waals surface area contributed by atoms with Gasteiger partial charge in [0, 0.05) is 56.1 Å². The van der Waals surface area contributed by atoms with E-state index in [0.29, 0.717) is 5.75 Å². The lowest BCUT2D eigenvalue weighted by molar-refractivity contribution is -0.137. The number of ether oxygens (including phenoxy) is 1. The molecule has 1 unspecified atom stereocenters. The summed E-state index contributed by atoms with van der Waals surface area (Å²) in [4.78, 5) is 33.6. The fraction of sp³-hybridized carbons (Fsp3) is 0.303. The number of benzene rings is 3. The first-order valence-corrected chi connectivity index (χ1v) is 16.2. The van der Waals surface area contributed by atoms with Crippen LogP contribution in [-0.4, -0.2) is 66.8 Å². The Morgan fingerprint density at radius 2 is 1.62 bits per heavy atom. The summed E-state index contributed by atoms with van der Waals surface area (Å²) in [6.45, 7) is 7.50. The molecule has 243 valence electrons. The zero-order chi connectivity index (χ0) is 33.8. The van der Waals surface area contributed by atoms with Gasteiger partial charge in [0.05, 0.1) is 17.6 Å². The number of nitrogens with zero attached hydrogens (tertiary/aromatic N) is 4. The third kappa shape index (κ3) is 6.15. The molecule has 0 bridgehead atoms. The molecule has 2 aliphatic heterocycles. The van der Waals surface area contributed by atoms with Crippen LogP contribution in [0.5, 0.6) is 5.75 Å². The van der Waals surface area contributed by atoms with Gasteiger partial charge in [-0.2, -0.15) is 18.2 Å². The average molecular weight is 684 g/mol. The van der Waals surface area contributed by atoms with E-state index in [2.05, 4.69) is 21.8 Å². The van der Waals surface area contributed by atoms with E-state index in [0.717, 1.165) is 30.0 Å². The minimum Gasteiger partial charge on any atom is -0.488 e. The number of aromatic nitrogens is 2. The Labute approximate surface area is 274 Å². The highest BCUT2D eigenvalue weighted by atomic mass is 32.2. The Bertz CT molecular complexity index is 1910. The van der Waals surface area contributed by atoms with E-state index in [1.807, 2.05) is 13.8 Å². The van der Waals surface area contributed by atoms with Crippen molar-refractivity contribution in [2.24, 2.45) is 0 Å². The number of carbonyl (C=O) groups excluding carboxylic acids is 1. The molecule has 1 saturated heterocycles. The van der Waals surface area contributed by atoms with E-state index in [-0.39, 0.29) is 70.4 Å². The molecule has 14 heteroatoms. The highest BCUT2D eigenvalue weighted by Gasteiger charge is 2.41. The lowest BCUT2D eigenvalue weighted by atomic mass is 9.96. The third-order valence-electron chi connectivity index (χ3n) is 8.33. The number of rotatable bonds is 5. The molecule has 0 spiro atoms. The zero-order valence-electron chi connectivity index (χ0n) is 25.2. The molecule has 7 nitrogen and oxygen atoms in total. The van der Waals surface area contributed by atoms with E-state index in [4.69, 9.17) is 4.74 Å². The first-order chi connectivity index (χ1) is 22.3. The van der Waals surface area contributed by atoms with Crippen LogP contribution < -0.4 is 15.3 Å². The van der Waals surface area contributed by atoms with Crippen LogP contribution in [0, 0.1) is 11.6 Å². The lowest BCUT2D eigenvalue weighted by Crippen LogP contribution is -2.58. The predicted octanol–water partition coefficient (Wildman–Crippen LogP) is 6.02. The Morgan fingerprint density at radius 3 is 2.19 bits per heavy atom. The van der Waals surface area contributed by atoms with Crippen LogP contribution in [0.3, 0.4) is 0 Å². The molecule has 4 aromatic rings. The Hall–Kier alpha value is -4.17. The average Bonchev–Trinajstić information content (AvgIpc) is 3.16. The van der Waals surface area contributed by atoms with Gasteiger partial charge in [-0.25, -0.2) is 13.6 Å². The van der Waals surface area contributed by atoms with Crippen molar-refractivity contribution in [3.8, 4) is 16.9 Å². The van der Waals surface area contributed by atoms with Gasteiger partial charge in [0.25, 0.3) is 0 Å². The fourth-order valence-corrected chi connectivity index (χ4v) is 8.10. The van der Waals surface area contributed by atoms with Gasteiger partial charge in [-0.3, -0.25) is 9.36 Å². The van der Waals surface area contributed by atoms with Crippen LogP contribution in [-0.2, 0) is 17.5 Å². The summed E-state index contributed by atoms with van der Waals surface area (Å²) in [6, 6.07) is 10.2. The Morgan fingerprint density at radius 1 is 1.02 bits per heavy atom. The number of thioether (sulfide) groups is 1. The summed E-state index contributed by atoms with van der Waals surface area (Å²) < 4.78 is 80.1. The first-order valence-electron chi connectivity index (χ1n) is 14.7. The van der Waals surface area contributed by atoms with E-state index >= 15 is 13.2 Å². The maximum atomic E-state index is 15.0. The van der Waals surface area contributed by atoms with Crippen molar-refractivity contribution in [2.75, 3.05) is 18.0 Å². The van der Waals surface area contributed by atoms with E-state index < -0.39 is 40.0 Å². The van der Waals surface area contributed by atoms with Crippen molar-refractivity contribution in [2.45, 2.75) is 54.5 Å². The van der Waals surface area contributed by atoms with Crippen molar-refractivity contribution < 1.29 is 31.5 Å². The number of anilines is 1. The van der Waals surface area contributed by atoms with Crippen LogP contribution in [0.4, 0.5) is 27.8 Å². The summed E-state index contributed by atoms with van der Waals surface area (Å²) in [5.74, 6) is -1.01. The second-order valence-corrected chi connectivity index (χ2v) is 13.8. The topological polar surface area (TPSA) is 67.7 Å². The van der Waals surface area contributed by atoms with Crippen molar-refractivity contribution in [1.82, 2.24) is 14.5 Å². The van der Waals surface area contributed by atoms with Crippen LogP contribution in [0.1, 0.15) is 19.4 Å². The van der Waals surface area contributed by atoms with E-state index in [1.54, 1.807) is 9.80 Å². The second kappa shape index (κ2) is 12.5. The zero-order valence-corrected chi connectivity index (χ0v) is 27.0. The van der Waals surface area contributed by atoms with E-state index in [1.165, 1.54) is 47.0 Å². The van der Waals surface area contributed by atoms with E-state index in [9.17, 15) is 18.4 Å². The third-order valence-corrected chi connectivity index (χ3v) is 10.2. The first kappa shape index (κ1) is 32.8. The fourth-order valence-electron chi connectivity index (χ4n) is 6.35. The summed E-state index contributed by atoms with van der Waals surface area (Å²) in [6.07, 6.45) is -4.45. The van der Waals surface area contributed by atoms with Gasteiger partial charge in [0.2, 0.25) is 5.91 Å². The molecular weight excluding hydrogens is 656 g/mol. The molecule has 2 aliphatic rings. The van der Waals surface area contributed by atoms with Gasteiger partial charge < -0.3 is 14.5 Å². The van der Waals surface area contributed by atoms with Gasteiger partial charge in [-0.15, -0.1) is 11.8 Å². The summed E-state index contributed by atoms with van der Waals surface area (Å²) >= 11 is 1.03. The predicted molar refractivity (Wildman–Crippen MR) is 171 cm³/mol. The molecule has 1 fully saturated rings. The molecule has 3 radical (unpaired) electrons. The number of piperazine rings is 1. The maximum Gasteiger partial charge on any atom is 0.417 e. The quantitative estimate of drug-likeness (QED) is 0.146. The normalized spacial score (nSPS) is 21.4. The number of alkyl halides is 3. The van der Waals surface area contributed by atoms with Gasteiger partial charge in [-0.05, 0) is 68.0 Å². The van der Waals surface area contributed by atoms with Crippen molar-refractivity contribution in [1.29, 1.82) is 0 Å². The number of carbonyl (C=O) groups is 1. The van der Waals surface area contributed by atoms with Crippen LogP contribution in [0.15, 0.2) is 76.9 Å². The number of halogens is 5. The minimum absolute atomic E-state index is 0.0621. The standard InChI is InChI=1S/C33H28F5N4O3SSi/c1-4-26(43)42-17(2)14-40(15-18(42)3)30-23-13-24(33(36,37)38)27(19-5-7-20(34)8-6-19)29-28(23)41(32(44)39-30)16-25(31(47)46-29)45-22-11-9-21(35)10-12-22/h4-13,17-18,25,31H,1,14-16H2,2-3H3/t17-,18+,25-,31?/m0/s1. The summed E-state index contributed by atoms with van der Waals surface area (Å²) in [5.41, 5.74) is -1.58. The second-order valence-electron chi connectivity index (χ2n) is 11.6. The lowest BCUT2D eigenvalue weighted by Gasteiger charge is -2.44. The number of hydrogen-bond acceptors (Lipinski definition) is 6. The maximum absolute atomic E-state index is 15.0. The number of amides is 1. The molecule has 4 atom stereocenters. The number of hydrogen-bond donors (Lipinski definition) is 0. The highest BCUT2D eigenvalue weighted by Crippen LogP contribution is 2.49. The van der Waals surface area contributed by atoms with Crippen LogP contribution in [0.2, 0.25) is 0 Å². The van der Waals surface area contributed by atoms with Gasteiger partial charge in [0.15, 0.2) is 0 Å².